The van der Waals surface area contributed by atoms with Crippen LogP contribution in [-0.2, 0) is 21.4 Å². The molecule has 22 heavy (non-hydrogen) atoms. The third kappa shape index (κ3) is 4.41. The van der Waals surface area contributed by atoms with Crippen LogP contribution in [0.4, 0.5) is 9.18 Å². The second-order valence-corrected chi connectivity index (χ2v) is 7.05. The summed E-state index contributed by atoms with van der Waals surface area (Å²) in [5.41, 5.74) is 0.873. The van der Waals surface area contributed by atoms with E-state index in [0.29, 0.717) is 6.54 Å². The second kappa shape index (κ2) is 7.06. The molecular weight excluding hydrogens is 311 g/mol. The lowest BCUT2D eigenvalue weighted by Gasteiger charge is -2.16. The van der Waals surface area contributed by atoms with Crippen LogP contribution in [0.25, 0.3) is 0 Å². The average molecular weight is 330 g/mol. The van der Waals surface area contributed by atoms with Crippen molar-refractivity contribution in [3.63, 3.8) is 0 Å². The zero-order valence-electron chi connectivity index (χ0n) is 12.2. The highest BCUT2D eigenvalue weighted by atomic mass is 32.2. The summed E-state index contributed by atoms with van der Waals surface area (Å²) in [4.78, 5) is 13.4. The number of halogens is 1. The Morgan fingerprint density at radius 2 is 2.05 bits per heavy atom. The number of likely N-dealkylation sites (tertiary alicyclic amines) is 1. The number of rotatable bonds is 5. The molecule has 1 aromatic carbocycles. The molecule has 0 aromatic heterocycles. The third-order valence-corrected chi connectivity index (χ3v) is 4.50. The maximum Gasteiger partial charge on any atom is 0.410 e. The van der Waals surface area contributed by atoms with Gasteiger partial charge in [-0.05, 0) is 11.5 Å². The third-order valence-electron chi connectivity index (χ3n) is 3.55. The van der Waals surface area contributed by atoms with Gasteiger partial charge in [0.15, 0.2) is 0 Å². The molecule has 1 N–H and O–H groups in total. The molecule has 0 radical (unpaired) electrons. The van der Waals surface area contributed by atoms with Gasteiger partial charge < -0.3 is 9.64 Å². The Labute approximate surface area is 129 Å². The van der Waals surface area contributed by atoms with Gasteiger partial charge in [0.1, 0.15) is 6.61 Å². The summed E-state index contributed by atoms with van der Waals surface area (Å²) >= 11 is 0. The van der Waals surface area contributed by atoms with Crippen LogP contribution in [0.2, 0.25) is 0 Å². The molecule has 1 aromatic rings. The summed E-state index contributed by atoms with van der Waals surface area (Å²) in [6, 6.07) is 7.30. The Morgan fingerprint density at radius 3 is 2.68 bits per heavy atom. The molecule has 1 fully saturated rings. The maximum atomic E-state index is 12.4. The van der Waals surface area contributed by atoms with Crippen molar-refractivity contribution >= 4 is 16.1 Å². The monoisotopic (exact) mass is 330 g/mol. The van der Waals surface area contributed by atoms with Gasteiger partial charge in [-0.15, -0.1) is 0 Å². The first-order chi connectivity index (χ1) is 10.4. The molecule has 0 saturated carbocycles. The summed E-state index contributed by atoms with van der Waals surface area (Å²) in [6.07, 6.45) is -0.502. The SMILES string of the molecule is CC1CN(C(=O)OCc2ccccc2)CC1NS(=O)(=O)CF. The number of sulfonamides is 1. The number of nitrogens with zero attached hydrogens (tertiary/aromatic N) is 1. The lowest BCUT2D eigenvalue weighted by molar-refractivity contribution is 0.103. The van der Waals surface area contributed by atoms with E-state index >= 15 is 0 Å². The van der Waals surface area contributed by atoms with E-state index in [2.05, 4.69) is 4.72 Å². The summed E-state index contributed by atoms with van der Waals surface area (Å²) in [6.45, 7) is 2.50. The number of carbonyl (C=O) groups is 1. The van der Waals surface area contributed by atoms with Crippen molar-refractivity contribution in [2.75, 3.05) is 19.1 Å². The highest BCUT2D eigenvalue weighted by molar-refractivity contribution is 7.89. The molecule has 1 amide bonds. The Bertz CT molecular complexity index is 609. The van der Waals surface area contributed by atoms with Crippen molar-refractivity contribution in [1.29, 1.82) is 0 Å². The van der Waals surface area contributed by atoms with Gasteiger partial charge in [-0.25, -0.2) is 22.3 Å². The van der Waals surface area contributed by atoms with E-state index in [1.165, 1.54) is 4.90 Å². The number of alkyl halides is 1. The highest BCUT2D eigenvalue weighted by Crippen LogP contribution is 2.18. The summed E-state index contributed by atoms with van der Waals surface area (Å²) in [5.74, 6) is -0.106. The minimum atomic E-state index is -3.94. The fourth-order valence-corrected chi connectivity index (χ4v) is 3.17. The highest BCUT2D eigenvalue weighted by Gasteiger charge is 2.35. The smallest absolute Gasteiger partial charge is 0.410 e. The zero-order valence-corrected chi connectivity index (χ0v) is 13.1. The lowest BCUT2D eigenvalue weighted by atomic mass is 10.1. The van der Waals surface area contributed by atoms with Crippen LogP contribution in [0.3, 0.4) is 0 Å². The molecule has 0 bridgehead atoms. The second-order valence-electron chi connectivity index (χ2n) is 5.37. The molecular formula is C14H19FN2O4S. The van der Waals surface area contributed by atoms with Crippen molar-refractivity contribution in [2.24, 2.45) is 5.92 Å². The van der Waals surface area contributed by atoms with Crippen molar-refractivity contribution in [3.05, 3.63) is 35.9 Å². The summed E-state index contributed by atoms with van der Waals surface area (Å²) < 4.78 is 42.4. The predicted octanol–water partition coefficient (Wildman–Crippen LogP) is 1.49. The molecule has 2 unspecified atom stereocenters. The van der Waals surface area contributed by atoms with E-state index in [9.17, 15) is 17.6 Å². The molecule has 8 heteroatoms. The standard InChI is InChI=1S/C14H19FN2O4S/c1-11-7-17(8-13(11)16-22(19,20)10-15)14(18)21-9-12-5-3-2-4-6-12/h2-6,11,13,16H,7-10H2,1H3. The van der Waals surface area contributed by atoms with Crippen LogP contribution < -0.4 is 4.72 Å². The first-order valence-electron chi connectivity index (χ1n) is 6.93. The molecule has 1 aliphatic heterocycles. The van der Waals surface area contributed by atoms with Gasteiger partial charge in [-0.3, -0.25) is 0 Å². The van der Waals surface area contributed by atoms with Crippen LogP contribution in [0.15, 0.2) is 30.3 Å². The van der Waals surface area contributed by atoms with Crippen molar-refractivity contribution in [1.82, 2.24) is 9.62 Å². The predicted molar refractivity (Wildman–Crippen MR) is 79.2 cm³/mol. The topological polar surface area (TPSA) is 75.7 Å². The normalized spacial score (nSPS) is 21.8. The first kappa shape index (κ1) is 16.7. The van der Waals surface area contributed by atoms with Gasteiger partial charge in [0, 0.05) is 19.1 Å². The molecule has 6 nitrogen and oxygen atoms in total. The van der Waals surface area contributed by atoms with Gasteiger partial charge in [0.2, 0.25) is 16.0 Å². The maximum absolute atomic E-state index is 12.4. The van der Waals surface area contributed by atoms with Crippen molar-refractivity contribution in [2.45, 2.75) is 19.6 Å². The van der Waals surface area contributed by atoms with Gasteiger partial charge in [0.05, 0.1) is 0 Å². The number of ether oxygens (including phenoxy) is 1. The molecule has 2 rings (SSSR count). The molecule has 122 valence electrons. The van der Waals surface area contributed by atoms with Crippen LogP contribution in [0.5, 0.6) is 0 Å². The first-order valence-corrected chi connectivity index (χ1v) is 8.58. The Hall–Kier alpha value is -1.67. The van der Waals surface area contributed by atoms with E-state index in [0.717, 1.165) is 5.56 Å². The van der Waals surface area contributed by atoms with Gasteiger partial charge >= 0.3 is 6.09 Å². The average Bonchev–Trinajstić information content (AvgIpc) is 2.86. The Kier molecular flexibility index (Phi) is 5.36. The van der Waals surface area contributed by atoms with E-state index in [4.69, 9.17) is 4.74 Å². The largest absolute Gasteiger partial charge is 0.445 e. The van der Waals surface area contributed by atoms with Crippen LogP contribution in [0, 0.1) is 5.92 Å². The number of amides is 1. The van der Waals surface area contributed by atoms with E-state index in [1.807, 2.05) is 30.3 Å². The quantitative estimate of drug-likeness (QED) is 0.887. The number of nitrogens with one attached hydrogen (secondary N) is 1. The minimum absolute atomic E-state index is 0.106. The van der Waals surface area contributed by atoms with Gasteiger partial charge in [0.25, 0.3) is 0 Å². The van der Waals surface area contributed by atoms with Crippen LogP contribution in [-0.4, -0.2) is 44.5 Å². The van der Waals surface area contributed by atoms with Crippen LogP contribution >= 0.6 is 0 Å². The zero-order chi connectivity index (χ0) is 16.2. The lowest BCUT2D eigenvalue weighted by Crippen LogP contribution is -2.41. The molecule has 1 saturated heterocycles. The summed E-state index contributed by atoms with van der Waals surface area (Å²) in [5, 5.41) is 0. The summed E-state index contributed by atoms with van der Waals surface area (Å²) in [7, 11) is -3.94. The van der Waals surface area contributed by atoms with Crippen molar-refractivity contribution < 1.29 is 22.3 Å². The van der Waals surface area contributed by atoms with E-state index < -0.39 is 28.2 Å². The molecule has 2 atom stereocenters. The minimum Gasteiger partial charge on any atom is -0.445 e. The molecule has 1 aliphatic rings. The number of hydrogen-bond donors (Lipinski definition) is 1. The Balaban J connectivity index is 1.87. The Morgan fingerprint density at radius 1 is 1.36 bits per heavy atom. The van der Waals surface area contributed by atoms with Gasteiger partial charge in [-0.2, -0.15) is 0 Å². The van der Waals surface area contributed by atoms with E-state index in [1.54, 1.807) is 6.92 Å². The fraction of sp³-hybridized carbons (Fsp3) is 0.500. The number of carbonyl (C=O) groups excluding carboxylic acids is 1. The van der Waals surface area contributed by atoms with E-state index in [-0.39, 0.29) is 19.1 Å². The van der Waals surface area contributed by atoms with Crippen molar-refractivity contribution in [3.8, 4) is 0 Å². The molecule has 1 heterocycles. The molecule has 0 aliphatic carbocycles. The number of benzene rings is 1. The van der Waals surface area contributed by atoms with Crippen LogP contribution in [0.1, 0.15) is 12.5 Å². The molecule has 0 spiro atoms. The number of hydrogen-bond acceptors (Lipinski definition) is 4. The fourth-order valence-electron chi connectivity index (χ4n) is 2.34. The van der Waals surface area contributed by atoms with Gasteiger partial charge in [-0.1, -0.05) is 37.3 Å².